The van der Waals surface area contributed by atoms with E-state index in [9.17, 15) is 13.2 Å². The van der Waals surface area contributed by atoms with E-state index in [0.29, 0.717) is 16.0 Å². The second kappa shape index (κ2) is 9.48. The Labute approximate surface area is 166 Å². The van der Waals surface area contributed by atoms with Gasteiger partial charge in [0.15, 0.2) is 0 Å². The number of hydrogen-bond donors (Lipinski definition) is 2. The molecule has 0 aliphatic heterocycles. The van der Waals surface area contributed by atoms with Gasteiger partial charge in [0.1, 0.15) is 0 Å². The maximum atomic E-state index is 12.4. The van der Waals surface area contributed by atoms with Crippen LogP contribution in [0.3, 0.4) is 0 Å². The molecule has 2 rings (SSSR count). The van der Waals surface area contributed by atoms with Crippen molar-refractivity contribution in [3.05, 3.63) is 63.1 Å². The van der Waals surface area contributed by atoms with Gasteiger partial charge in [-0.05, 0) is 51.8 Å². The Hall–Kier alpha value is -1.45. The zero-order chi connectivity index (χ0) is 19.2. The average Bonchev–Trinajstić information content (AvgIpc) is 2.61. The van der Waals surface area contributed by atoms with Crippen LogP contribution in [0.1, 0.15) is 15.9 Å². The van der Waals surface area contributed by atoms with E-state index in [-0.39, 0.29) is 29.5 Å². The summed E-state index contributed by atoms with van der Waals surface area (Å²) in [4.78, 5) is 12.5. The number of amides is 1. The smallest absolute Gasteiger partial charge is 0.252 e. The molecule has 0 fully saturated rings. The Morgan fingerprint density at radius 1 is 1.19 bits per heavy atom. The zero-order valence-electron chi connectivity index (χ0n) is 14.0. The van der Waals surface area contributed by atoms with Gasteiger partial charge in [0.2, 0.25) is 10.0 Å². The normalized spacial score (nSPS) is 11.3. The van der Waals surface area contributed by atoms with Gasteiger partial charge in [-0.2, -0.15) is 0 Å². The van der Waals surface area contributed by atoms with E-state index in [2.05, 4.69) is 26.0 Å². The minimum Gasteiger partial charge on any atom is -0.383 e. The van der Waals surface area contributed by atoms with Crippen LogP contribution in [0, 0.1) is 0 Å². The molecule has 0 aliphatic carbocycles. The van der Waals surface area contributed by atoms with E-state index >= 15 is 0 Å². The van der Waals surface area contributed by atoms with Gasteiger partial charge < -0.3 is 10.1 Å². The molecule has 0 unspecified atom stereocenters. The number of rotatable bonds is 8. The molecular weight excluding hydrogens is 444 g/mol. The highest BCUT2D eigenvalue weighted by atomic mass is 79.9. The molecule has 0 saturated carbocycles. The van der Waals surface area contributed by atoms with E-state index in [1.807, 2.05) is 0 Å². The second-order valence-corrected chi connectivity index (χ2v) is 8.40. The highest BCUT2D eigenvalue weighted by Gasteiger charge is 2.18. The topological polar surface area (TPSA) is 84.5 Å². The third kappa shape index (κ3) is 5.78. The summed E-state index contributed by atoms with van der Waals surface area (Å²) in [5, 5.41) is 3.37. The quantitative estimate of drug-likeness (QED) is 0.592. The number of nitrogens with one attached hydrogen (secondary N) is 2. The molecule has 140 valence electrons. The number of sulfonamides is 1. The van der Waals surface area contributed by atoms with E-state index < -0.39 is 10.0 Å². The molecule has 2 aromatic carbocycles. The fraction of sp³-hybridized carbons (Fsp3) is 0.235. The van der Waals surface area contributed by atoms with Crippen molar-refractivity contribution < 1.29 is 17.9 Å². The lowest BCUT2D eigenvalue weighted by Crippen LogP contribution is -2.28. The molecule has 2 N–H and O–H groups in total. The first kappa shape index (κ1) is 20.9. The Morgan fingerprint density at radius 2 is 1.88 bits per heavy atom. The standard InChI is InChI=1S/C17H18BrClN2O4S/c1-25-9-8-21-26(23,24)14-6-7-16(18)15(10-14)17(22)20-11-12-2-4-13(19)5-3-12/h2-7,10,21H,8-9,11H2,1H3,(H,20,22). The van der Waals surface area contributed by atoms with Gasteiger partial charge in [-0.25, -0.2) is 13.1 Å². The predicted molar refractivity (Wildman–Crippen MR) is 104 cm³/mol. The first-order valence-corrected chi connectivity index (χ1v) is 10.3. The molecule has 0 heterocycles. The fourth-order valence-corrected chi connectivity index (χ4v) is 3.68. The lowest BCUT2D eigenvalue weighted by atomic mass is 10.2. The van der Waals surface area contributed by atoms with Crippen molar-refractivity contribution in [1.29, 1.82) is 0 Å². The largest absolute Gasteiger partial charge is 0.383 e. The highest BCUT2D eigenvalue weighted by molar-refractivity contribution is 9.10. The number of carbonyl (C=O) groups is 1. The number of carbonyl (C=O) groups excluding carboxylic acids is 1. The molecule has 0 bridgehead atoms. The molecule has 0 radical (unpaired) electrons. The van der Waals surface area contributed by atoms with Gasteiger partial charge in [0.25, 0.3) is 5.91 Å². The van der Waals surface area contributed by atoms with Crippen LogP contribution in [0.25, 0.3) is 0 Å². The first-order valence-electron chi connectivity index (χ1n) is 7.64. The third-order valence-corrected chi connectivity index (χ3v) is 5.86. The monoisotopic (exact) mass is 460 g/mol. The van der Waals surface area contributed by atoms with Crippen LogP contribution in [-0.2, 0) is 21.3 Å². The zero-order valence-corrected chi connectivity index (χ0v) is 17.1. The van der Waals surface area contributed by atoms with Gasteiger partial charge in [-0.15, -0.1) is 0 Å². The molecule has 9 heteroatoms. The van der Waals surface area contributed by atoms with Gasteiger partial charge in [0, 0.05) is 29.7 Å². The lowest BCUT2D eigenvalue weighted by molar-refractivity contribution is 0.0950. The van der Waals surface area contributed by atoms with Crippen molar-refractivity contribution >= 4 is 43.5 Å². The Kier molecular flexibility index (Phi) is 7.60. The Balaban J connectivity index is 2.12. The predicted octanol–water partition coefficient (Wildman–Crippen LogP) is 2.96. The summed E-state index contributed by atoms with van der Waals surface area (Å²) < 4.78 is 32.3. The Morgan fingerprint density at radius 3 is 2.54 bits per heavy atom. The number of hydrogen-bond acceptors (Lipinski definition) is 4. The van der Waals surface area contributed by atoms with E-state index in [4.69, 9.17) is 16.3 Å². The number of methoxy groups -OCH3 is 1. The van der Waals surface area contributed by atoms with Gasteiger partial charge in [-0.3, -0.25) is 4.79 Å². The number of ether oxygens (including phenoxy) is 1. The minimum atomic E-state index is -3.72. The van der Waals surface area contributed by atoms with Crippen molar-refractivity contribution in [2.24, 2.45) is 0 Å². The van der Waals surface area contributed by atoms with Crippen molar-refractivity contribution in [3.63, 3.8) is 0 Å². The van der Waals surface area contributed by atoms with Crippen molar-refractivity contribution in [1.82, 2.24) is 10.0 Å². The third-order valence-electron chi connectivity index (χ3n) is 3.46. The van der Waals surface area contributed by atoms with Crippen LogP contribution in [0.4, 0.5) is 0 Å². The van der Waals surface area contributed by atoms with Crippen molar-refractivity contribution in [3.8, 4) is 0 Å². The van der Waals surface area contributed by atoms with Crippen LogP contribution in [0.5, 0.6) is 0 Å². The molecule has 0 spiro atoms. The van der Waals surface area contributed by atoms with Crippen LogP contribution in [-0.4, -0.2) is 34.6 Å². The van der Waals surface area contributed by atoms with E-state index in [1.165, 1.54) is 25.3 Å². The van der Waals surface area contributed by atoms with E-state index in [1.54, 1.807) is 24.3 Å². The molecule has 26 heavy (non-hydrogen) atoms. The summed E-state index contributed by atoms with van der Waals surface area (Å²) in [6.45, 7) is 0.697. The molecule has 2 aromatic rings. The molecular formula is C17H18BrClN2O4S. The minimum absolute atomic E-state index is 0.00782. The summed E-state index contributed by atoms with van der Waals surface area (Å²) in [6.07, 6.45) is 0. The molecule has 1 amide bonds. The average molecular weight is 462 g/mol. The van der Waals surface area contributed by atoms with Gasteiger partial charge in [-0.1, -0.05) is 23.7 Å². The SMILES string of the molecule is COCCNS(=O)(=O)c1ccc(Br)c(C(=O)NCc2ccc(Cl)cc2)c1. The summed E-state index contributed by atoms with van der Waals surface area (Å²) >= 11 is 9.12. The summed E-state index contributed by atoms with van der Waals surface area (Å²) in [6, 6.07) is 11.4. The van der Waals surface area contributed by atoms with Crippen LogP contribution in [0.15, 0.2) is 51.8 Å². The fourth-order valence-electron chi connectivity index (χ4n) is 2.09. The van der Waals surface area contributed by atoms with E-state index in [0.717, 1.165) is 5.56 Å². The maximum Gasteiger partial charge on any atom is 0.252 e. The lowest BCUT2D eigenvalue weighted by Gasteiger charge is -2.10. The molecule has 0 saturated heterocycles. The summed E-state index contributed by atoms with van der Waals surface area (Å²) in [5.74, 6) is -0.388. The molecule has 0 aromatic heterocycles. The first-order chi connectivity index (χ1) is 12.3. The highest BCUT2D eigenvalue weighted by Crippen LogP contribution is 2.21. The van der Waals surface area contributed by atoms with Crippen molar-refractivity contribution in [2.45, 2.75) is 11.4 Å². The molecule has 6 nitrogen and oxygen atoms in total. The van der Waals surface area contributed by atoms with Crippen LogP contribution in [0.2, 0.25) is 5.02 Å². The molecule has 0 aliphatic rings. The van der Waals surface area contributed by atoms with Crippen LogP contribution >= 0.6 is 27.5 Å². The van der Waals surface area contributed by atoms with Crippen LogP contribution < -0.4 is 10.0 Å². The molecule has 0 atom stereocenters. The van der Waals surface area contributed by atoms with Gasteiger partial charge in [0.05, 0.1) is 17.1 Å². The maximum absolute atomic E-state index is 12.4. The summed E-state index contributed by atoms with van der Waals surface area (Å²) in [5.41, 5.74) is 1.11. The van der Waals surface area contributed by atoms with Gasteiger partial charge >= 0.3 is 0 Å². The second-order valence-electron chi connectivity index (χ2n) is 5.34. The van der Waals surface area contributed by atoms with Crippen molar-refractivity contribution in [2.75, 3.05) is 20.3 Å². The Bertz CT molecular complexity index is 873. The number of halogens is 2. The summed E-state index contributed by atoms with van der Waals surface area (Å²) in [7, 11) is -2.24. The number of benzene rings is 2.